The second kappa shape index (κ2) is 5.42. The number of pyridine rings is 1. The number of anilines is 1. The second-order valence-corrected chi connectivity index (χ2v) is 5.55. The highest BCUT2D eigenvalue weighted by Gasteiger charge is 2.19. The number of nitrogens with two attached hydrogens (primary N) is 1. The molecule has 106 valence electrons. The minimum Gasteiger partial charge on any atom is -0.437 e. The zero-order valence-electron chi connectivity index (χ0n) is 12.1. The molecule has 2 aromatic heterocycles. The van der Waals surface area contributed by atoms with Crippen LogP contribution < -0.4 is 16.0 Å². The fourth-order valence-electron chi connectivity index (χ4n) is 1.52. The fourth-order valence-corrected chi connectivity index (χ4v) is 1.52. The van der Waals surface area contributed by atoms with Crippen molar-refractivity contribution in [2.24, 2.45) is 5.84 Å². The van der Waals surface area contributed by atoms with Crippen molar-refractivity contribution in [1.29, 1.82) is 0 Å². The number of hydrogen-bond donors (Lipinski definition) is 2. The van der Waals surface area contributed by atoms with Gasteiger partial charge in [-0.15, -0.1) is 0 Å². The largest absolute Gasteiger partial charge is 0.437 e. The lowest BCUT2D eigenvalue weighted by Crippen LogP contribution is -2.19. The third-order valence-electron chi connectivity index (χ3n) is 2.63. The van der Waals surface area contributed by atoms with Crippen molar-refractivity contribution in [3.63, 3.8) is 0 Å². The molecule has 20 heavy (non-hydrogen) atoms. The molecule has 0 saturated carbocycles. The summed E-state index contributed by atoms with van der Waals surface area (Å²) in [6.45, 7) is 8.00. The molecule has 6 heteroatoms. The Balaban J connectivity index is 2.33. The summed E-state index contributed by atoms with van der Waals surface area (Å²) >= 11 is 0. The summed E-state index contributed by atoms with van der Waals surface area (Å²) in [5.41, 5.74) is 3.26. The van der Waals surface area contributed by atoms with Crippen molar-refractivity contribution in [3.8, 4) is 11.6 Å². The minimum absolute atomic E-state index is 0.198. The minimum atomic E-state index is -0.198. The summed E-state index contributed by atoms with van der Waals surface area (Å²) in [6, 6.07) is 5.37. The SMILES string of the molecule is Cc1ccc(Oc2cc(NN)nc(C(C)(C)C)n2)cn1. The van der Waals surface area contributed by atoms with Gasteiger partial charge in [-0.1, -0.05) is 20.8 Å². The summed E-state index contributed by atoms with van der Waals surface area (Å²) in [7, 11) is 0. The normalized spacial score (nSPS) is 11.2. The smallest absolute Gasteiger partial charge is 0.224 e. The van der Waals surface area contributed by atoms with E-state index in [2.05, 4.69) is 20.4 Å². The van der Waals surface area contributed by atoms with Gasteiger partial charge in [0.1, 0.15) is 17.4 Å². The van der Waals surface area contributed by atoms with E-state index in [-0.39, 0.29) is 5.41 Å². The van der Waals surface area contributed by atoms with Crippen LogP contribution in [0.15, 0.2) is 24.4 Å². The van der Waals surface area contributed by atoms with Crippen LogP contribution in [0, 0.1) is 6.92 Å². The Hall–Kier alpha value is -2.21. The van der Waals surface area contributed by atoms with Crippen LogP contribution in [0.25, 0.3) is 0 Å². The molecule has 3 N–H and O–H groups in total. The number of hydrogen-bond acceptors (Lipinski definition) is 6. The number of hydrazine groups is 1. The zero-order valence-corrected chi connectivity index (χ0v) is 12.1. The maximum atomic E-state index is 5.70. The fraction of sp³-hybridized carbons (Fsp3) is 0.357. The van der Waals surface area contributed by atoms with E-state index < -0.39 is 0 Å². The summed E-state index contributed by atoms with van der Waals surface area (Å²) in [6.07, 6.45) is 1.66. The van der Waals surface area contributed by atoms with Crippen LogP contribution in [0.4, 0.5) is 5.82 Å². The highest BCUT2D eigenvalue weighted by Crippen LogP contribution is 2.25. The summed E-state index contributed by atoms with van der Waals surface area (Å²) in [5.74, 6) is 7.66. The molecule has 0 aliphatic carbocycles. The molecule has 0 amide bonds. The molecule has 6 nitrogen and oxygen atoms in total. The molecule has 0 atom stereocenters. The van der Waals surface area contributed by atoms with Gasteiger partial charge in [0, 0.05) is 17.2 Å². The number of nitrogens with one attached hydrogen (secondary N) is 1. The molecule has 0 aromatic carbocycles. The van der Waals surface area contributed by atoms with Gasteiger partial charge in [-0.3, -0.25) is 4.98 Å². The van der Waals surface area contributed by atoms with Crippen molar-refractivity contribution in [2.75, 3.05) is 5.43 Å². The Kier molecular flexibility index (Phi) is 3.85. The Morgan fingerprint density at radius 3 is 2.50 bits per heavy atom. The molecule has 0 aliphatic rings. The van der Waals surface area contributed by atoms with E-state index in [1.54, 1.807) is 12.3 Å². The average Bonchev–Trinajstić information content (AvgIpc) is 2.40. The number of nitrogen functional groups attached to an aromatic ring is 1. The van der Waals surface area contributed by atoms with Crippen molar-refractivity contribution in [2.45, 2.75) is 33.1 Å². The first-order chi connectivity index (χ1) is 9.38. The monoisotopic (exact) mass is 273 g/mol. The number of rotatable bonds is 3. The van der Waals surface area contributed by atoms with E-state index in [4.69, 9.17) is 10.6 Å². The van der Waals surface area contributed by atoms with E-state index in [0.29, 0.717) is 23.3 Å². The first-order valence-electron chi connectivity index (χ1n) is 6.35. The van der Waals surface area contributed by atoms with E-state index in [0.717, 1.165) is 5.69 Å². The van der Waals surface area contributed by atoms with E-state index in [1.165, 1.54) is 0 Å². The van der Waals surface area contributed by atoms with E-state index in [9.17, 15) is 0 Å². The van der Waals surface area contributed by atoms with Gasteiger partial charge in [0.25, 0.3) is 0 Å². The Morgan fingerprint density at radius 2 is 1.95 bits per heavy atom. The van der Waals surface area contributed by atoms with Crippen LogP contribution in [-0.2, 0) is 5.41 Å². The van der Waals surface area contributed by atoms with Gasteiger partial charge in [-0.25, -0.2) is 10.8 Å². The third kappa shape index (κ3) is 3.42. The standard InChI is InChI=1S/C14H19N5O/c1-9-5-6-10(8-16-9)20-12-7-11(19-15)17-13(18-12)14(2,3)4/h5-8H,15H2,1-4H3,(H,17,18,19). The Labute approximate surface area is 118 Å². The first-order valence-corrected chi connectivity index (χ1v) is 6.35. The van der Waals surface area contributed by atoms with E-state index in [1.807, 2.05) is 39.8 Å². The maximum absolute atomic E-state index is 5.70. The van der Waals surface area contributed by atoms with Crippen LogP contribution in [0.1, 0.15) is 32.3 Å². The van der Waals surface area contributed by atoms with Crippen molar-refractivity contribution < 1.29 is 4.74 Å². The van der Waals surface area contributed by atoms with Crippen LogP contribution >= 0.6 is 0 Å². The summed E-state index contributed by atoms with van der Waals surface area (Å²) in [5, 5.41) is 0. The lowest BCUT2D eigenvalue weighted by atomic mass is 9.96. The van der Waals surface area contributed by atoms with Crippen LogP contribution in [0.3, 0.4) is 0 Å². The van der Waals surface area contributed by atoms with Crippen molar-refractivity contribution in [3.05, 3.63) is 35.9 Å². The molecule has 0 aliphatic heterocycles. The maximum Gasteiger partial charge on any atom is 0.224 e. The van der Waals surface area contributed by atoms with Gasteiger partial charge in [0.2, 0.25) is 5.88 Å². The third-order valence-corrected chi connectivity index (χ3v) is 2.63. The zero-order chi connectivity index (χ0) is 14.8. The molecule has 0 saturated heterocycles. The lowest BCUT2D eigenvalue weighted by Gasteiger charge is -2.18. The number of aryl methyl sites for hydroxylation is 1. The van der Waals surface area contributed by atoms with Gasteiger partial charge in [0.05, 0.1) is 6.20 Å². The molecular weight excluding hydrogens is 254 g/mol. The highest BCUT2D eigenvalue weighted by atomic mass is 16.5. The van der Waals surface area contributed by atoms with Crippen molar-refractivity contribution >= 4 is 5.82 Å². The Bertz CT molecular complexity index is 590. The predicted octanol–water partition coefficient (Wildman–Crippen LogP) is 2.56. The summed E-state index contributed by atoms with van der Waals surface area (Å²) in [4.78, 5) is 12.9. The molecule has 0 radical (unpaired) electrons. The van der Waals surface area contributed by atoms with Gasteiger partial charge >= 0.3 is 0 Å². The van der Waals surface area contributed by atoms with Crippen LogP contribution in [-0.4, -0.2) is 15.0 Å². The number of ether oxygens (including phenoxy) is 1. The van der Waals surface area contributed by atoms with Gasteiger partial charge in [-0.05, 0) is 19.1 Å². The van der Waals surface area contributed by atoms with Gasteiger partial charge < -0.3 is 10.2 Å². The average molecular weight is 273 g/mol. The molecule has 0 fully saturated rings. The quantitative estimate of drug-likeness (QED) is 0.660. The van der Waals surface area contributed by atoms with Crippen LogP contribution in [0.5, 0.6) is 11.6 Å². The van der Waals surface area contributed by atoms with E-state index >= 15 is 0 Å². The molecule has 0 spiro atoms. The molecule has 0 unspecified atom stereocenters. The topological polar surface area (TPSA) is 86.0 Å². The van der Waals surface area contributed by atoms with Crippen molar-refractivity contribution in [1.82, 2.24) is 15.0 Å². The summed E-state index contributed by atoms with van der Waals surface area (Å²) < 4.78 is 5.70. The molecule has 2 aromatic rings. The molecular formula is C14H19N5O. The first kappa shape index (κ1) is 14.2. The van der Waals surface area contributed by atoms with Gasteiger partial charge in [-0.2, -0.15) is 4.98 Å². The van der Waals surface area contributed by atoms with Crippen LogP contribution in [0.2, 0.25) is 0 Å². The number of nitrogens with zero attached hydrogens (tertiary/aromatic N) is 3. The predicted molar refractivity (Wildman–Crippen MR) is 77.6 cm³/mol. The molecule has 0 bridgehead atoms. The molecule has 2 rings (SSSR count). The molecule has 2 heterocycles. The number of aromatic nitrogens is 3. The highest BCUT2D eigenvalue weighted by molar-refractivity contribution is 5.39. The lowest BCUT2D eigenvalue weighted by molar-refractivity contribution is 0.444. The van der Waals surface area contributed by atoms with Gasteiger partial charge in [0.15, 0.2) is 0 Å². The second-order valence-electron chi connectivity index (χ2n) is 5.55. The Morgan fingerprint density at radius 1 is 1.20 bits per heavy atom.